The van der Waals surface area contributed by atoms with Crippen molar-refractivity contribution < 1.29 is 25.2 Å². The molecule has 0 aliphatic rings. The molecular weight excluding hydrogens is 212 g/mol. The van der Waals surface area contributed by atoms with Crippen LogP contribution in [-0.4, -0.2) is 59.6 Å². The van der Waals surface area contributed by atoms with Crippen molar-refractivity contribution >= 4 is 0 Å². The summed E-state index contributed by atoms with van der Waals surface area (Å²) in [5.74, 6) is 0. The molecular formula is C11H28O5. The molecule has 102 valence electrons. The molecule has 0 aliphatic heterocycles. The molecule has 0 aromatic heterocycles. The molecule has 4 N–H and O–H groups in total. The van der Waals surface area contributed by atoms with Gasteiger partial charge in [-0.3, -0.25) is 0 Å². The molecule has 5 nitrogen and oxygen atoms in total. The van der Waals surface area contributed by atoms with Crippen LogP contribution in [0.1, 0.15) is 33.6 Å². The second kappa shape index (κ2) is 14.8. The van der Waals surface area contributed by atoms with Gasteiger partial charge in [0.2, 0.25) is 0 Å². The highest BCUT2D eigenvalue weighted by atomic mass is 16.4. The van der Waals surface area contributed by atoms with E-state index in [0.29, 0.717) is 12.8 Å². The average molecular weight is 240 g/mol. The second-order valence-corrected chi connectivity index (χ2v) is 3.79. The maximum atomic E-state index is 9.04. The van der Waals surface area contributed by atoms with E-state index < -0.39 is 11.7 Å². The van der Waals surface area contributed by atoms with Gasteiger partial charge in [0.1, 0.15) is 0 Å². The Balaban J connectivity index is -0.000000181. The number of hydrogen-bond acceptors (Lipinski definition) is 5. The number of methoxy groups -OCH3 is 1. The molecule has 0 aromatic rings. The van der Waals surface area contributed by atoms with Gasteiger partial charge in [0.05, 0.1) is 11.7 Å². The normalized spacial score (nSPS) is 11.8. The van der Waals surface area contributed by atoms with Crippen molar-refractivity contribution in [3.05, 3.63) is 0 Å². The lowest BCUT2D eigenvalue weighted by Gasteiger charge is -2.22. The van der Waals surface area contributed by atoms with E-state index in [9.17, 15) is 0 Å². The van der Waals surface area contributed by atoms with Gasteiger partial charge in [-0.1, -0.05) is 6.92 Å². The molecule has 1 atom stereocenters. The maximum absolute atomic E-state index is 9.04. The third-order valence-electron chi connectivity index (χ3n) is 1.52. The molecule has 0 radical (unpaired) electrons. The summed E-state index contributed by atoms with van der Waals surface area (Å²) < 4.78 is 4.25. The summed E-state index contributed by atoms with van der Waals surface area (Å²) in [6, 6.07) is 0. The third kappa shape index (κ3) is 23.5. The van der Waals surface area contributed by atoms with Crippen LogP contribution in [0.25, 0.3) is 0 Å². The van der Waals surface area contributed by atoms with E-state index in [1.165, 1.54) is 0 Å². The Morgan fingerprint density at radius 2 is 1.44 bits per heavy atom. The van der Waals surface area contributed by atoms with Crippen LogP contribution in [-0.2, 0) is 4.74 Å². The summed E-state index contributed by atoms with van der Waals surface area (Å²) in [7, 11) is 3.25. The molecule has 5 heteroatoms. The van der Waals surface area contributed by atoms with E-state index in [4.69, 9.17) is 20.4 Å². The molecule has 0 bridgehead atoms. The van der Waals surface area contributed by atoms with Crippen molar-refractivity contribution in [2.24, 2.45) is 0 Å². The van der Waals surface area contributed by atoms with Gasteiger partial charge in [-0.25, -0.2) is 0 Å². The summed E-state index contributed by atoms with van der Waals surface area (Å²) in [5.41, 5.74) is -0.936. The van der Waals surface area contributed by atoms with E-state index in [1.54, 1.807) is 28.1 Å². The number of aliphatic hydroxyl groups excluding tert-OH is 3. The topological polar surface area (TPSA) is 90.2 Å². The Bertz CT molecular complexity index is 109. The summed E-state index contributed by atoms with van der Waals surface area (Å²) in [6.45, 7) is 5.22. The highest BCUT2D eigenvalue weighted by Crippen LogP contribution is 2.09. The van der Waals surface area contributed by atoms with E-state index >= 15 is 0 Å². The zero-order chi connectivity index (χ0) is 13.6. The summed E-state index contributed by atoms with van der Waals surface area (Å²) in [5, 5.41) is 33.8. The lowest BCUT2D eigenvalue weighted by atomic mass is 10.0. The van der Waals surface area contributed by atoms with Gasteiger partial charge in [-0.2, -0.15) is 0 Å². The average Bonchev–Trinajstić information content (AvgIpc) is 2.18. The molecule has 0 saturated carbocycles. The first-order valence-corrected chi connectivity index (χ1v) is 5.33. The molecule has 0 saturated heterocycles. The molecule has 0 spiro atoms. The number of rotatable bonds is 4. The molecule has 0 heterocycles. The van der Waals surface area contributed by atoms with Gasteiger partial charge in [0, 0.05) is 27.4 Å². The van der Waals surface area contributed by atoms with Crippen LogP contribution >= 0.6 is 0 Å². The van der Waals surface area contributed by atoms with Crippen molar-refractivity contribution in [1.29, 1.82) is 0 Å². The lowest BCUT2D eigenvalue weighted by molar-refractivity contribution is -0.0488. The fraction of sp³-hybridized carbons (Fsp3) is 1.00. The van der Waals surface area contributed by atoms with E-state index in [0.717, 1.165) is 0 Å². The van der Waals surface area contributed by atoms with Crippen LogP contribution in [0.3, 0.4) is 0 Å². The Hall–Kier alpha value is -0.200. The Labute approximate surface area is 98.7 Å². The molecule has 16 heavy (non-hydrogen) atoms. The van der Waals surface area contributed by atoms with Gasteiger partial charge >= 0.3 is 0 Å². The van der Waals surface area contributed by atoms with Gasteiger partial charge in [0.15, 0.2) is 0 Å². The van der Waals surface area contributed by atoms with Gasteiger partial charge in [-0.15, -0.1) is 0 Å². The summed E-state index contributed by atoms with van der Waals surface area (Å²) in [4.78, 5) is 0. The van der Waals surface area contributed by atoms with Gasteiger partial charge in [-0.05, 0) is 26.7 Å². The highest BCUT2D eigenvalue weighted by molar-refractivity contribution is 4.73. The van der Waals surface area contributed by atoms with Gasteiger partial charge in [0.25, 0.3) is 0 Å². The van der Waals surface area contributed by atoms with Crippen LogP contribution in [0.5, 0.6) is 0 Å². The second-order valence-electron chi connectivity index (χ2n) is 3.79. The maximum Gasteiger partial charge on any atom is 0.0849 e. The molecule has 0 rings (SSSR count). The third-order valence-corrected chi connectivity index (χ3v) is 1.52. The zero-order valence-corrected chi connectivity index (χ0v) is 11.1. The fourth-order valence-electron chi connectivity index (χ4n) is 0.570. The molecule has 0 fully saturated rings. The van der Waals surface area contributed by atoms with Crippen LogP contribution < -0.4 is 0 Å². The number of hydrogen-bond donors (Lipinski definition) is 4. The number of aliphatic hydroxyl groups is 4. The van der Waals surface area contributed by atoms with E-state index in [1.807, 2.05) is 6.92 Å². The zero-order valence-electron chi connectivity index (χ0n) is 11.1. The van der Waals surface area contributed by atoms with Crippen molar-refractivity contribution in [1.82, 2.24) is 0 Å². The minimum absolute atomic E-state index is 0.0938. The van der Waals surface area contributed by atoms with Crippen LogP contribution in [0.4, 0.5) is 0 Å². The summed E-state index contributed by atoms with van der Waals surface area (Å²) >= 11 is 0. The summed E-state index contributed by atoms with van der Waals surface area (Å²) in [6.07, 6.45) is 0.506. The first kappa shape index (κ1) is 21.1. The van der Waals surface area contributed by atoms with Crippen molar-refractivity contribution in [2.45, 2.75) is 45.3 Å². The smallest absolute Gasteiger partial charge is 0.0849 e. The largest absolute Gasteiger partial charge is 0.396 e. The van der Waals surface area contributed by atoms with Crippen LogP contribution in [0, 0.1) is 0 Å². The fourth-order valence-corrected chi connectivity index (χ4v) is 0.570. The first-order valence-electron chi connectivity index (χ1n) is 5.33. The minimum Gasteiger partial charge on any atom is -0.396 e. The van der Waals surface area contributed by atoms with Crippen molar-refractivity contribution in [3.63, 3.8) is 0 Å². The molecule has 0 aliphatic carbocycles. The van der Waals surface area contributed by atoms with E-state index in [-0.39, 0.29) is 13.2 Å². The predicted octanol–water partition coefficient (Wildman–Crippen LogP) is 0.152. The van der Waals surface area contributed by atoms with Crippen LogP contribution in [0.2, 0.25) is 0 Å². The minimum atomic E-state index is -0.936. The quantitative estimate of drug-likeness (QED) is 0.562. The van der Waals surface area contributed by atoms with Gasteiger partial charge < -0.3 is 25.2 Å². The van der Waals surface area contributed by atoms with Crippen molar-refractivity contribution in [2.75, 3.05) is 27.4 Å². The SMILES string of the molecule is CCC(O)C(C)(C)O.COC.OCCCO. The number of ether oxygens (including phenoxy) is 1. The van der Waals surface area contributed by atoms with Crippen molar-refractivity contribution in [3.8, 4) is 0 Å². The Kier molecular flexibility index (Phi) is 19.5. The lowest BCUT2D eigenvalue weighted by Crippen LogP contribution is -2.34. The first-order chi connectivity index (χ1) is 7.31. The Morgan fingerprint density at radius 3 is 1.44 bits per heavy atom. The molecule has 1 unspecified atom stereocenters. The van der Waals surface area contributed by atoms with Crippen LogP contribution in [0.15, 0.2) is 0 Å². The monoisotopic (exact) mass is 240 g/mol. The molecule has 0 aromatic carbocycles. The predicted molar refractivity (Wildman–Crippen MR) is 64.3 cm³/mol. The standard InChI is InChI=1S/C6H14O2.C3H8O2.C2H6O/c1-4-5(7)6(2,3)8;4-2-1-3-5;1-3-2/h5,7-8H,4H2,1-3H3;4-5H,1-3H2;1-2H3. The molecule has 0 amide bonds. The Morgan fingerprint density at radius 1 is 1.12 bits per heavy atom. The highest BCUT2D eigenvalue weighted by Gasteiger charge is 2.21. The van der Waals surface area contributed by atoms with E-state index in [2.05, 4.69) is 4.74 Å².